The Labute approximate surface area is 252 Å². The standard InChI is InChI=1S/C27H25Cl3N6O4S/c1-15(2)33-26(37)21-12-18(29)11-16(3)24(21)34-27(38)23-13-19(35-36(23)25-22(30)5-4-10-31-25)14-32-41(39,40)20-8-6-17(28)7-9-20/h4-13,15,32H,14H2,1-3H3,(H,33,37)(H,34,38). The number of hydrogen-bond donors (Lipinski definition) is 3. The first kappa shape index (κ1) is 30.5. The third kappa shape index (κ3) is 7.24. The minimum atomic E-state index is -3.91. The molecule has 0 fully saturated rings. The quantitative estimate of drug-likeness (QED) is 0.225. The van der Waals surface area contributed by atoms with Gasteiger partial charge in [-0.25, -0.2) is 22.8 Å². The van der Waals surface area contributed by atoms with Crippen LogP contribution in [-0.2, 0) is 16.6 Å². The van der Waals surface area contributed by atoms with Crippen molar-refractivity contribution in [3.05, 3.63) is 98.4 Å². The average molecular weight is 636 g/mol. The van der Waals surface area contributed by atoms with Crippen molar-refractivity contribution in [2.24, 2.45) is 0 Å². The Morgan fingerprint density at radius 1 is 0.976 bits per heavy atom. The zero-order chi connectivity index (χ0) is 29.9. The summed E-state index contributed by atoms with van der Waals surface area (Å²) in [5.41, 5.74) is 1.19. The smallest absolute Gasteiger partial charge is 0.274 e. The van der Waals surface area contributed by atoms with Crippen molar-refractivity contribution in [2.75, 3.05) is 5.32 Å². The summed E-state index contributed by atoms with van der Waals surface area (Å²) < 4.78 is 29.3. The summed E-state index contributed by atoms with van der Waals surface area (Å²) in [6.07, 6.45) is 1.48. The molecule has 0 aliphatic rings. The van der Waals surface area contributed by atoms with Crippen LogP contribution >= 0.6 is 34.8 Å². The van der Waals surface area contributed by atoms with Crippen LogP contribution in [0, 0.1) is 6.92 Å². The van der Waals surface area contributed by atoms with E-state index in [1.807, 2.05) is 13.8 Å². The van der Waals surface area contributed by atoms with E-state index < -0.39 is 21.8 Å². The van der Waals surface area contributed by atoms with Gasteiger partial charge in [0.2, 0.25) is 10.0 Å². The third-order valence-corrected chi connectivity index (χ3v) is 7.89. The molecule has 2 aromatic carbocycles. The second-order valence-corrected chi connectivity index (χ2v) is 12.3. The highest BCUT2D eigenvalue weighted by Crippen LogP contribution is 2.27. The maximum absolute atomic E-state index is 13.7. The summed E-state index contributed by atoms with van der Waals surface area (Å²) in [6.45, 7) is 5.08. The fourth-order valence-electron chi connectivity index (χ4n) is 3.84. The molecule has 0 atom stereocenters. The molecule has 41 heavy (non-hydrogen) atoms. The first-order valence-electron chi connectivity index (χ1n) is 12.2. The lowest BCUT2D eigenvalue weighted by Gasteiger charge is -2.16. The van der Waals surface area contributed by atoms with Crippen LogP contribution in [0.15, 0.2) is 65.7 Å². The van der Waals surface area contributed by atoms with Gasteiger partial charge in [0.05, 0.1) is 33.4 Å². The summed E-state index contributed by atoms with van der Waals surface area (Å²) in [4.78, 5) is 30.8. The highest BCUT2D eigenvalue weighted by atomic mass is 35.5. The third-order valence-electron chi connectivity index (χ3n) is 5.70. The number of nitrogens with one attached hydrogen (secondary N) is 3. The van der Waals surface area contributed by atoms with Crippen LogP contribution in [0.4, 0.5) is 5.69 Å². The Bertz CT molecular complexity index is 1720. The van der Waals surface area contributed by atoms with E-state index in [1.54, 1.807) is 25.1 Å². The van der Waals surface area contributed by atoms with Crippen LogP contribution in [0.1, 0.15) is 46.0 Å². The molecule has 10 nitrogen and oxygen atoms in total. The van der Waals surface area contributed by atoms with Gasteiger partial charge in [-0.1, -0.05) is 34.8 Å². The monoisotopic (exact) mass is 634 g/mol. The van der Waals surface area contributed by atoms with Gasteiger partial charge in [0, 0.05) is 22.3 Å². The molecule has 3 N–H and O–H groups in total. The van der Waals surface area contributed by atoms with Crippen molar-refractivity contribution in [1.82, 2.24) is 24.8 Å². The van der Waals surface area contributed by atoms with Crippen molar-refractivity contribution >= 4 is 62.3 Å². The lowest BCUT2D eigenvalue weighted by Crippen LogP contribution is -2.31. The first-order chi connectivity index (χ1) is 19.4. The minimum absolute atomic E-state index is 0.00383. The molecule has 4 rings (SSSR count). The predicted octanol–water partition coefficient (Wildman–Crippen LogP) is 5.40. The molecular weight excluding hydrogens is 611 g/mol. The molecule has 0 saturated heterocycles. The van der Waals surface area contributed by atoms with Crippen molar-refractivity contribution in [3.8, 4) is 5.82 Å². The Balaban J connectivity index is 1.70. The number of aromatic nitrogens is 3. The number of sulfonamides is 1. The van der Waals surface area contributed by atoms with Crippen LogP contribution in [-0.4, -0.2) is 41.0 Å². The number of rotatable bonds is 9. The van der Waals surface area contributed by atoms with Gasteiger partial charge in [-0.15, -0.1) is 0 Å². The molecule has 0 saturated carbocycles. The van der Waals surface area contributed by atoms with E-state index in [0.717, 1.165) is 0 Å². The van der Waals surface area contributed by atoms with E-state index >= 15 is 0 Å². The Kier molecular flexibility index (Phi) is 9.35. The van der Waals surface area contributed by atoms with Crippen LogP contribution in [0.5, 0.6) is 0 Å². The van der Waals surface area contributed by atoms with Gasteiger partial charge in [0.25, 0.3) is 11.8 Å². The number of hydrogen-bond acceptors (Lipinski definition) is 6. The molecular formula is C27H25Cl3N6O4S. The molecule has 0 aliphatic carbocycles. The number of carbonyl (C=O) groups excluding carboxylic acids is 2. The second-order valence-electron chi connectivity index (χ2n) is 9.25. The molecule has 214 valence electrons. The molecule has 0 aliphatic heterocycles. The van der Waals surface area contributed by atoms with Crippen LogP contribution in [0.2, 0.25) is 15.1 Å². The Morgan fingerprint density at radius 3 is 2.34 bits per heavy atom. The van der Waals surface area contributed by atoms with Gasteiger partial charge < -0.3 is 10.6 Å². The number of amides is 2. The molecule has 4 aromatic rings. The topological polar surface area (TPSA) is 135 Å². The van der Waals surface area contributed by atoms with Gasteiger partial charge in [0.15, 0.2) is 5.82 Å². The molecule has 2 aromatic heterocycles. The van der Waals surface area contributed by atoms with Crippen LogP contribution in [0.3, 0.4) is 0 Å². The van der Waals surface area contributed by atoms with Gasteiger partial charge in [0.1, 0.15) is 5.69 Å². The lowest BCUT2D eigenvalue weighted by atomic mass is 10.1. The van der Waals surface area contributed by atoms with Crippen molar-refractivity contribution in [3.63, 3.8) is 0 Å². The SMILES string of the molecule is Cc1cc(Cl)cc(C(=O)NC(C)C)c1NC(=O)c1cc(CNS(=O)(=O)c2ccc(Cl)cc2)nn1-c1ncccc1Cl. The number of carbonyl (C=O) groups is 2. The predicted molar refractivity (Wildman–Crippen MR) is 159 cm³/mol. The maximum Gasteiger partial charge on any atom is 0.274 e. The molecule has 14 heteroatoms. The highest BCUT2D eigenvalue weighted by molar-refractivity contribution is 7.89. The van der Waals surface area contributed by atoms with Gasteiger partial charge in [-0.3, -0.25) is 9.59 Å². The van der Waals surface area contributed by atoms with Gasteiger partial charge in [-0.2, -0.15) is 5.10 Å². The fraction of sp³-hybridized carbons (Fsp3) is 0.185. The number of pyridine rings is 1. The Morgan fingerprint density at radius 2 is 1.68 bits per heavy atom. The molecule has 0 radical (unpaired) electrons. The lowest BCUT2D eigenvalue weighted by molar-refractivity contribution is 0.0944. The number of benzene rings is 2. The minimum Gasteiger partial charge on any atom is -0.350 e. The van der Waals surface area contributed by atoms with Crippen molar-refractivity contribution in [1.29, 1.82) is 0 Å². The van der Waals surface area contributed by atoms with E-state index in [2.05, 4.69) is 25.4 Å². The zero-order valence-corrected chi connectivity index (χ0v) is 25.2. The number of nitrogens with zero attached hydrogens (tertiary/aromatic N) is 3. The molecule has 0 unspecified atom stereocenters. The molecule has 2 amide bonds. The molecule has 0 bridgehead atoms. The summed E-state index contributed by atoms with van der Waals surface area (Å²) in [5.74, 6) is -0.911. The molecule has 0 spiro atoms. The largest absolute Gasteiger partial charge is 0.350 e. The summed E-state index contributed by atoms with van der Waals surface area (Å²) >= 11 is 18.4. The van der Waals surface area contributed by atoms with E-state index in [-0.39, 0.29) is 51.0 Å². The van der Waals surface area contributed by atoms with Crippen LogP contribution in [0.25, 0.3) is 5.82 Å². The number of anilines is 1. The average Bonchev–Trinajstić information content (AvgIpc) is 3.33. The van der Waals surface area contributed by atoms with Gasteiger partial charge >= 0.3 is 0 Å². The summed E-state index contributed by atoms with van der Waals surface area (Å²) in [5, 5.41) is 10.9. The number of aryl methyl sites for hydroxylation is 1. The summed E-state index contributed by atoms with van der Waals surface area (Å²) in [7, 11) is -3.91. The van der Waals surface area contributed by atoms with Crippen molar-refractivity contribution in [2.45, 2.75) is 38.3 Å². The zero-order valence-electron chi connectivity index (χ0n) is 22.1. The van der Waals surface area contributed by atoms with E-state index in [9.17, 15) is 18.0 Å². The van der Waals surface area contributed by atoms with E-state index in [1.165, 1.54) is 47.3 Å². The Hall–Kier alpha value is -3.48. The van der Waals surface area contributed by atoms with Gasteiger partial charge in [-0.05, 0) is 80.9 Å². The van der Waals surface area contributed by atoms with E-state index in [0.29, 0.717) is 15.6 Å². The normalized spacial score (nSPS) is 11.5. The summed E-state index contributed by atoms with van der Waals surface area (Å²) in [6, 6.07) is 13.2. The molecule has 2 heterocycles. The van der Waals surface area contributed by atoms with E-state index in [4.69, 9.17) is 34.8 Å². The highest BCUT2D eigenvalue weighted by Gasteiger charge is 2.24. The van der Waals surface area contributed by atoms with Crippen LogP contribution < -0.4 is 15.4 Å². The fourth-order valence-corrected chi connectivity index (χ4v) is 5.44. The van der Waals surface area contributed by atoms with Crippen molar-refractivity contribution < 1.29 is 18.0 Å². The number of halogens is 3. The first-order valence-corrected chi connectivity index (χ1v) is 14.8. The maximum atomic E-state index is 13.7. The second kappa shape index (κ2) is 12.6.